The van der Waals surface area contributed by atoms with E-state index in [0.717, 1.165) is 16.8 Å². The minimum Gasteiger partial charge on any atom is -0.486 e. The van der Waals surface area contributed by atoms with Gasteiger partial charge in [0.05, 0.1) is 10.7 Å². The number of benzene rings is 1. The Morgan fingerprint density at radius 2 is 2.12 bits per heavy atom. The number of hydrogen-bond donors (Lipinski definition) is 1. The van der Waals surface area contributed by atoms with Crippen LogP contribution < -0.4 is 14.8 Å². The SMILES string of the molecule is Cc1nn(C)c(Cl)c1/C=C/C(=O)NCCc1cc(Cl)c2c(c1)OCCO2. The third kappa shape index (κ3) is 4.14. The van der Waals surface area contributed by atoms with Crippen molar-refractivity contribution in [2.24, 2.45) is 7.05 Å². The van der Waals surface area contributed by atoms with E-state index >= 15 is 0 Å². The molecule has 6 nitrogen and oxygen atoms in total. The number of ether oxygens (including phenoxy) is 2. The largest absolute Gasteiger partial charge is 0.486 e. The molecule has 0 saturated heterocycles. The Morgan fingerprint density at radius 1 is 1.35 bits per heavy atom. The van der Waals surface area contributed by atoms with E-state index in [1.807, 2.05) is 19.1 Å². The highest BCUT2D eigenvalue weighted by Gasteiger charge is 2.16. The van der Waals surface area contributed by atoms with Gasteiger partial charge in [0.25, 0.3) is 0 Å². The highest BCUT2D eigenvalue weighted by Crippen LogP contribution is 2.38. The maximum absolute atomic E-state index is 12.0. The Kier molecular flexibility index (Phi) is 5.74. The molecule has 0 fully saturated rings. The highest BCUT2D eigenvalue weighted by molar-refractivity contribution is 6.32. The zero-order valence-corrected chi connectivity index (χ0v) is 16.0. The number of aryl methyl sites for hydroxylation is 2. The van der Waals surface area contributed by atoms with Crippen molar-refractivity contribution in [3.63, 3.8) is 0 Å². The smallest absolute Gasteiger partial charge is 0.244 e. The van der Waals surface area contributed by atoms with E-state index < -0.39 is 0 Å². The van der Waals surface area contributed by atoms with Gasteiger partial charge >= 0.3 is 0 Å². The van der Waals surface area contributed by atoms with E-state index in [1.54, 1.807) is 17.8 Å². The molecule has 26 heavy (non-hydrogen) atoms. The number of carbonyl (C=O) groups excluding carboxylic acids is 1. The summed E-state index contributed by atoms with van der Waals surface area (Å²) in [4.78, 5) is 12.0. The normalized spacial score (nSPS) is 13.2. The molecule has 1 amide bonds. The average Bonchev–Trinajstić information content (AvgIpc) is 2.85. The van der Waals surface area contributed by atoms with E-state index in [2.05, 4.69) is 10.4 Å². The maximum atomic E-state index is 12.0. The Hall–Kier alpha value is -2.18. The third-order valence-corrected chi connectivity index (χ3v) is 4.70. The van der Waals surface area contributed by atoms with Crippen LogP contribution in [0.2, 0.25) is 10.2 Å². The van der Waals surface area contributed by atoms with Gasteiger partial charge in [-0.2, -0.15) is 5.10 Å². The van der Waals surface area contributed by atoms with Crippen molar-refractivity contribution in [1.82, 2.24) is 15.1 Å². The lowest BCUT2D eigenvalue weighted by atomic mass is 10.1. The molecule has 0 spiro atoms. The van der Waals surface area contributed by atoms with E-state index in [0.29, 0.717) is 47.9 Å². The molecule has 0 atom stereocenters. The van der Waals surface area contributed by atoms with Crippen LogP contribution in [-0.2, 0) is 18.3 Å². The highest BCUT2D eigenvalue weighted by atomic mass is 35.5. The number of aromatic nitrogens is 2. The van der Waals surface area contributed by atoms with E-state index in [4.69, 9.17) is 32.7 Å². The predicted molar refractivity (Wildman–Crippen MR) is 101 cm³/mol. The van der Waals surface area contributed by atoms with Crippen molar-refractivity contribution >= 4 is 35.2 Å². The molecule has 1 aromatic heterocycles. The summed E-state index contributed by atoms with van der Waals surface area (Å²) in [6.45, 7) is 3.31. The van der Waals surface area contributed by atoms with Gasteiger partial charge in [0.1, 0.15) is 18.4 Å². The first-order valence-electron chi connectivity index (χ1n) is 8.18. The molecule has 138 valence electrons. The molecule has 1 aliphatic rings. The number of nitrogens with one attached hydrogen (secondary N) is 1. The van der Waals surface area contributed by atoms with Crippen molar-refractivity contribution in [3.05, 3.63) is 45.2 Å². The average molecular weight is 396 g/mol. The van der Waals surface area contributed by atoms with Crippen LogP contribution in [0.1, 0.15) is 16.8 Å². The van der Waals surface area contributed by atoms with Crippen LogP contribution >= 0.6 is 23.2 Å². The van der Waals surface area contributed by atoms with E-state index in [-0.39, 0.29) is 5.91 Å². The molecule has 3 rings (SSSR count). The third-order valence-electron chi connectivity index (χ3n) is 3.97. The predicted octanol–water partition coefficient (Wildman–Crippen LogP) is 3.18. The standard InChI is InChI=1S/C18H19Cl2N3O3/c1-11-13(18(20)23(2)22-11)3-4-16(24)21-6-5-12-9-14(19)17-15(10-12)25-7-8-26-17/h3-4,9-10H,5-8H2,1-2H3,(H,21,24)/b4-3+. The second-order valence-electron chi connectivity index (χ2n) is 5.89. The fourth-order valence-electron chi connectivity index (χ4n) is 2.69. The van der Waals surface area contributed by atoms with Gasteiger partial charge in [0.2, 0.25) is 5.91 Å². The second-order valence-corrected chi connectivity index (χ2v) is 6.65. The van der Waals surface area contributed by atoms with E-state index in [1.165, 1.54) is 6.08 Å². The second kappa shape index (κ2) is 8.01. The number of rotatable bonds is 5. The topological polar surface area (TPSA) is 65.4 Å². The molecule has 2 aromatic rings. The minimum atomic E-state index is -0.201. The van der Waals surface area contributed by atoms with Crippen LogP contribution in [0.5, 0.6) is 11.5 Å². The molecule has 0 unspecified atom stereocenters. The lowest BCUT2D eigenvalue weighted by Gasteiger charge is -2.20. The van der Waals surface area contributed by atoms with Gasteiger partial charge in [-0.3, -0.25) is 9.48 Å². The van der Waals surface area contributed by atoms with Crippen molar-refractivity contribution in [1.29, 1.82) is 0 Å². The molecular formula is C18H19Cl2N3O3. The van der Waals surface area contributed by atoms with Crippen molar-refractivity contribution < 1.29 is 14.3 Å². The molecule has 0 radical (unpaired) electrons. The van der Waals surface area contributed by atoms with E-state index in [9.17, 15) is 4.79 Å². The van der Waals surface area contributed by atoms with Crippen LogP contribution in [0.3, 0.4) is 0 Å². The lowest BCUT2D eigenvalue weighted by molar-refractivity contribution is -0.116. The summed E-state index contributed by atoms with van der Waals surface area (Å²) in [7, 11) is 1.76. The monoisotopic (exact) mass is 395 g/mol. The van der Waals surface area contributed by atoms with Crippen LogP contribution in [0.25, 0.3) is 6.08 Å². The fourth-order valence-corrected chi connectivity index (χ4v) is 3.22. The van der Waals surface area contributed by atoms with Gasteiger partial charge in [-0.15, -0.1) is 0 Å². The summed E-state index contributed by atoms with van der Waals surface area (Å²) >= 11 is 12.4. The summed E-state index contributed by atoms with van der Waals surface area (Å²) in [5, 5.41) is 8.05. The summed E-state index contributed by atoms with van der Waals surface area (Å²) in [6, 6.07) is 3.72. The maximum Gasteiger partial charge on any atom is 0.244 e. The van der Waals surface area contributed by atoms with Crippen molar-refractivity contribution in [3.8, 4) is 11.5 Å². The molecule has 1 aliphatic heterocycles. The molecule has 2 heterocycles. The van der Waals surface area contributed by atoms with Gasteiger partial charge in [0, 0.05) is 25.2 Å². The van der Waals surface area contributed by atoms with Crippen LogP contribution in [0.4, 0.5) is 0 Å². The van der Waals surface area contributed by atoms with Crippen molar-refractivity contribution in [2.75, 3.05) is 19.8 Å². The number of hydrogen-bond acceptors (Lipinski definition) is 4. The number of amides is 1. The number of carbonyl (C=O) groups is 1. The molecule has 0 aliphatic carbocycles. The van der Waals surface area contributed by atoms with Crippen LogP contribution in [0, 0.1) is 6.92 Å². The van der Waals surface area contributed by atoms with Crippen molar-refractivity contribution in [2.45, 2.75) is 13.3 Å². The summed E-state index contributed by atoms with van der Waals surface area (Å²) in [5.74, 6) is 1.02. The number of nitrogens with zero attached hydrogens (tertiary/aromatic N) is 2. The van der Waals surface area contributed by atoms with Gasteiger partial charge < -0.3 is 14.8 Å². The Morgan fingerprint density at radius 3 is 2.85 bits per heavy atom. The first-order chi connectivity index (χ1) is 12.5. The summed E-state index contributed by atoms with van der Waals surface area (Å²) < 4.78 is 12.6. The molecule has 8 heteroatoms. The van der Waals surface area contributed by atoms with Gasteiger partial charge in [0.15, 0.2) is 11.5 Å². The van der Waals surface area contributed by atoms with Gasteiger partial charge in [-0.1, -0.05) is 23.2 Å². The quantitative estimate of drug-likeness (QED) is 0.789. The number of fused-ring (bicyclic) bond motifs is 1. The van der Waals surface area contributed by atoms with Gasteiger partial charge in [-0.25, -0.2) is 0 Å². The summed E-state index contributed by atoms with van der Waals surface area (Å²) in [5.41, 5.74) is 2.48. The molecule has 0 saturated carbocycles. The fraction of sp³-hybridized carbons (Fsp3) is 0.333. The van der Waals surface area contributed by atoms with Crippen LogP contribution in [-0.4, -0.2) is 35.4 Å². The molecular weight excluding hydrogens is 377 g/mol. The molecule has 1 N–H and O–H groups in total. The summed E-state index contributed by atoms with van der Waals surface area (Å²) in [6.07, 6.45) is 3.75. The Balaban J connectivity index is 1.55. The zero-order valence-electron chi connectivity index (χ0n) is 14.5. The van der Waals surface area contributed by atoms with Gasteiger partial charge in [-0.05, 0) is 37.1 Å². The molecule has 1 aromatic carbocycles. The minimum absolute atomic E-state index is 0.201. The Labute approximate surface area is 161 Å². The molecule has 0 bridgehead atoms. The number of halogens is 2. The lowest BCUT2D eigenvalue weighted by Crippen LogP contribution is -2.23. The first-order valence-corrected chi connectivity index (χ1v) is 8.94. The first kappa shape index (κ1) is 18.6. The zero-order chi connectivity index (χ0) is 18.7. The Bertz CT molecular complexity index is 862. The van der Waals surface area contributed by atoms with Crippen LogP contribution in [0.15, 0.2) is 18.2 Å².